The minimum Gasteiger partial charge on any atom is -0.317 e. The topological polar surface area (TPSA) is 79.4 Å². The number of piperidine rings is 1. The molecule has 3 rings (SSSR count). The minimum absolute atomic E-state index is 0.102. The predicted molar refractivity (Wildman–Crippen MR) is 72.7 cm³/mol. The van der Waals surface area contributed by atoms with E-state index in [1.807, 2.05) is 0 Å². The van der Waals surface area contributed by atoms with E-state index in [1.165, 1.54) is 12.3 Å². The Morgan fingerprint density at radius 2 is 2.10 bits per heavy atom. The van der Waals surface area contributed by atoms with Crippen molar-refractivity contribution in [2.45, 2.75) is 24.3 Å². The molecule has 2 aliphatic heterocycles. The first kappa shape index (κ1) is 13.5. The van der Waals surface area contributed by atoms with Gasteiger partial charge in [-0.2, -0.15) is 8.42 Å². The predicted octanol–water partition coefficient (Wildman–Crippen LogP) is 0.616. The third kappa shape index (κ3) is 2.20. The van der Waals surface area contributed by atoms with Crippen molar-refractivity contribution in [1.82, 2.24) is 14.6 Å². The maximum Gasteiger partial charge on any atom is 0.285 e. The van der Waals surface area contributed by atoms with E-state index in [0.29, 0.717) is 5.92 Å². The molecule has 2 aliphatic rings. The average Bonchev–Trinajstić information content (AvgIpc) is 2.66. The second-order valence-electron chi connectivity index (χ2n) is 5.22. The van der Waals surface area contributed by atoms with Gasteiger partial charge in [-0.1, -0.05) is 0 Å². The number of fused-ring (bicyclic) bond motifs is 1. The molecule has 1 amide bonds. The van der Waals surface area contributed by atoms with Crippen LogP contribution in [0.5, 0.6) is 0 Å². The van der Waals surface area contributed by atoms with Crippen molar-refractivity contribution in [1.29, 1.82) is 0 Å². The average molecular weight is 295 g/mol. The quantitative estimate of drug-likeness (QED) is 0.884. The molecule has 3 heterocycles. The summed E-state index contributed by atoms with van der Waals surface area (Å²) in [7, 11) is -3.74. The van der Waals surface area contributed by atoms with Crippen molar-refractivity contribution in [2.24, 2.45) is 5.92 Å². The Morgan fingerprint density at radius 1 is 1.35 bits per heavy atom. The van der Waals surface area contributed by atoms with Crippen LogP contribution >= 0.6 is 0 Å². The highest BCUT2D eigenvalue weighted by atomic mass is 32.2. The number of carbonyl (C=O) groups excluding carboxylic acids is 1. The van der Waals surface area contributed by atoms with Gasteiger partial charge in [0.1, 0.15) is 0 Å². The molecule has 6 nitrogen and oxygen atoms in total. The van der Waals surface area contributed by atoms with Gasteiger partial charge < -0.3 is 5.32 Å². The molecular weight excluding hydrogens is 278 g/mol. The number of carbonyl (C=O) groups is 1. The molecule has 0 unspecified atom stereocenters. The second kappa shape index (κ2) is 5.14. The first-order valence-corrected chi connectivity index (χ1v) is 8.27. The summed E-state index contributed by atoms with van der Waals surface area (Å²) in [6.07, 6.45) is 4.20. The summed E-state index contributed by atoms with van der Waals surface area (Å²) in [5.41, 5.74) is 0.192. The number of pyridine rings is 1. The third-order valence-electron chi connectivity index (χ3n) is 3.96. The molecule has 0 spiro atoms. The van der Waals surface area contributed by atoms with Crippen LogP contribution in [0.4, 0.5) is 0 Å². The molecule has 1 N–H and O–H groups in total. The molecule has 0 aromatic carbocycles. The Kier molecular flexibility index (Phi) is 3.47. The van der Waals surface area contributed by atoms with Gasteiger partial charge in [-0.05, 0) is 50.4 Å². The maximum absolute atomic E-state index is 12.3. The van der Waals surface area contributed by atoms with Crippen molar-refractivity contribution in [3.05, 3.63) is 23.9 Å². The summed E-state index contributed by atoms with van der Waals surface area (Å²) >= 11 is 0. The normalized spacial score (nSPS) is 22.0. The van der Waals surface area contributed by atoms with Crippen molar-refractivity contribution >= 4 is 15.9 Å². The standard InChI is InChI=1S/C13H17N3O3S/c17-13-11-2-1-6-15-12(11)20(18,19)16(13)9-5-10-3-7-14-8-4-10/h1-2,6,10,14H,3-5,7-9H2. The van der Waals surface area contributed by atoms with E-state index in [4.69, 9.17) is 0 Å². The van der Waals surface area contributed by atoms with Gasteiger partial charge >= 0.3 is 0 Å². The fraction of sp³-hybridized carbons (Fsp3) is 0.538. The van der Waals surface area contributed by atoms with Gasteiger partial charge in [0, 0.05) is 12.7 Å². The van der Waals surface area contributed by atoms with E-state index < -0.39 is 15.9 Å². The van der Waals surface area contributed by atoms with E-state index in [2.05, 4.69) is 10.3 Å². The number of rotatable bonds is 3. The third-order valence-corrected chi connectivity index (χ3v) is 5.70. The van der Waals surface area contributed by atoms with Gasteiger partial charge in [-0.3, -0.25) is 4.79 Å². The molecule has 0 aliphatic carbocycles. The van der Waals surface area contributed by atoms with E-state index in [9.17, 15) is 13.2 Å². The summed E-state index contributed by atoms with van der Waals surface area (Å²) < 4.78 is 25.6. The van der Waals surface area contributed by atoms with Gasteiger partial charge in [-0.25, -0.2) is 9.29 Å². The molecule has 20 heavy (non-hydrogen) atoms. The van der Waals surface area contributed by atoms with Gasteiger partial charge in [0.2, 0.25) is 0 Å². The Balaban J connectivity index is 1.76. The maximum atomic E-state index is 12.3. The van der Waals surface area contributed by atoms with Crippen molar-refractivity contribution in [3.63, 3.8) is 0 Å². The summed E-state index contributed by atoms with van der Waals surface area (Å²) in [6, 6.07) is 3.11. The fourth-order valence-electron chi connectivity index (χ4n) is 2.80. The van der Waals surface area contributed by atoms with Crippen LogP contribution in [0, 0.1) is 5.92 Å². The zero-order chi connectivity index (χ0) is 14.2. The molecule has 108 valence electrons. The molecule has 1 fully saturated rings. The number of sulfonamides is 1. The molecule has 0 bridgehead atoms. The fourth-order valence-corrected chi connectivity index (χ4v) is 4.30. The van der Waals surface area contributed by atoms with Crippen LogP contribution in [0.3, 0.4) is 0 Å². The lowest BCUT2D eigenvalue weighted by atomic mass is 9.95. The smallest absolute Gasteiger partial charge is 0.285 e. The Hall–Kier alpha value is -1.47. The largest absolute Gasteiger partial charge is 0.317 e. The highest BCUT2D eigenvalue weighted by Gasteiger charge is 2.42. The van der Waals surface area contributed by atoms with Crippen LogP contribution in [-0.4, -0.2) is 43.2 Å². The zero-order valence-corrected chi connectivity index (χ0v) is 11.9. The van der Waals surface area contributed by atoms with Gasteiger partial charge in [0.05, 0.1) is 5.56 Å². The summed E-state index contributed by atoms with van der Waals surface area (Å²) in [5.74, 6) is 0.0398. The lowest BCUT2D eigenvalue weighted by Gasteiger charge is -2.24. The number of hydrogen-bond donors (Lipinski definition) is 1. The Morgan fingerprint density at radius 3 is 2.80 bits per heavy atom. The van der Waals surface area contributed by atoms with Crippen LogP contribution in [-0.2, 0) is 10.0 Å². The zero-order valence-electron chi connectivity index (χ0n) is 11.1. The molecule has 0 saturated carbocycles. The highest BCUT2D eigenvalue weighted by molar-refractivity contribution is 7.90. The molecular formula is C13H17N3O3S. The van der Waals surface area contributed by atoms with Crippen LogP contribution in [0.25, 0.3) is 0 Å². The van der Waals surface area contributed by atoms with Crippen LogP contribution < -0.4 is 5.32 Å². The Bertz CT molecular complexity index is 624. The SMILES string of the molecule is O=C1c2cccnc2S(=O)(=O)N1CCC1CCNCC1. The molecule has 0 radical (unpaired) electrons. The number of aromatic nitrogens is 1. The van der Waals surface area contributed by atoms with E-state index in [0.717, 1.165) is 36.7 Å². The van der Waals surface area contributed by atoms with Crippen molar-refractivity contribution in [2.75, 3.05) is 19.6 Å². The number of hydrogen-bond acceptors (Lipinski definition) is 5. The monoisotopic (exact) mass is 295 g/mol. The lowest BCUT2D eigenvalue weighted by molar-refractivity contribution is 0.0864. The summed E-state index contributed by atoms with van der Waals surface area (Å²) in [6.45, 7) is 2.18. The van der Waals surface area contributed by atoms with Crippen molar-refractivity contribution < 1.29 is 13.2 Å². The van der Waals surface area contributed by atoms with Gasteiger partial charge in [0.25, 0.3) is 15.9 Å². The van der Waals surface area contributed by atoms with E-state index in [1.54, 1.807) is 6.07 Å². The Labute approximate surface area is 118 Å². The molecule has 7 heteroatoms. The van der Waals surface area contributed by atoms with Crippen LogP contribution in [0.2, 0.25) is 0 Å². The van der Waals surface area contributed by atoms with E-state index >= 15 is 0 Å². The highest BCUT2D eigenvalue weighted by Crippen LogP contribution is 2.29. The summed E-state index contributed by atoms with van der Waals surface area (Å²) in [4.78, 5) is 16.0. The molecule has 1 saturated heterocycles. The van der Waals surface area contributed by atoms with Gasteiger partial charge in [0.15, 0.2) is 5.03 Å². The molecule has 1 aromatic heterocycles. The molecule has 1 aromatic rings. The number of nitrogens with zero attached hydrogens (tertiary/aromatic N) is 2. The minimum atomic E-state index is -3.74. The van der Waals surface area contributed by atoms with E-state index in [-0.39, 0.29) is 17.1 Å². The first-order valence-electron chi connectivity index (χ1n) is 6.83. The second-order valence-corrected chi connectivity index (χ2v) is 7.00. The summed E-state index contributed by atoms with van der Waals surface area (Å²) in [5, 5.41) is 3.17. The van der Waals surface area contributed by atoms with Gasteiger partial charge in [-0.15, -0.1) is 0 Å². The number of nitrogens with one attached hydrogen (secondary N) is 1. The lowest BCUT2D eigenvalue weighted by Crippen LogP contribution is -2.34. The van der Waals surface area contributed by atoms with Crippen LogP contribution in [0.1, 0.15) is 29.6 Å². The molecule has 0 atom stereocenters. The van der Waals surface area contributed by atoms with Crippen LogP contribution in [0.15, 0.2) is 23.4 Å². The van der Waals surface area contributed by atoms with Crippen molar-refractivity contribution in [3.8, 4) is 0 Å². The number of amides is 1. The first-order chi connectivity index (χ1) is 9.60.